The number of carbonyl (C=O) groups excluding carboxylic acids is 18. The molecule has 127 heavy (non-hydrogen) atoms. The van der Waals surface area contributed by atoms with E-state index in [0.29, 0.717) is 5.56 Å². The number of benzene rings is 1. The van der Waals surface area contributed by atoms with Crippen molar-refractivity contribution in [1.29, 1.82) is 0 Å². The maximum absolute atomic E-state index is 14.6. The Labute approximate surface area is 729 Å². The molecule has 18 atom stereocenters. The molecular formula is C77H123N19O31. The second-order valence-corrected chi connectivity index (χ2v) is 31.5. The molecule has 712 valence electrons. The van der Waals surface area contributed by atoms with Gasteiger partial charge in [0.05, 0.1) is 50.5 Å². The first-order chi connectivity index (χ1) is 59.1. The van der Waals surface area contributed by atoms with Crippen molar-refractivity contribution in [3.8, 4) is 0 Å². The van der Waals surface area contributed by atoms with Gasteiger partial charge in [-0.1, -0.05) is 85.7 Å². The number of carboxylic acids is 4. The van der Waals surface area contributed by atoms with Crippen LogP contribution in [0.4, 0.5) is 0 Å². The van der Waals surface area contributed by atoms with Crippen LogP contribution in [-0.4, -0.2) is 311 Å². The van der Waals surface area contributed by atoms with Crippen LogP contribution in [0.2, 0.25) is 0 Å². The van der Waals surface area contributed by atoms with Gasteiger partial charge in [0.25, 0.3) is 0 Å². The highest BCUT2D eigenvalue weighted by Gasteiger charge is 2.41. The van der Waals surface area contributed by atoms with Gasteiger partial charge in [-0.15, -0.1) is 0 Å². The Morgan fingerprint density at radius 3 is 1.01 bits per heavy atom. The molecule has 1 rings (SSSR count). The summed E-state index contributed by atoms with van der Waals surface area (Å²) in [5, 5.41) is 126. The highest BCUT2D eigenvalue weighted by atomic mass is 16.4. The van der Waals surface area contributed by atoms with Crippen LogP contribution in [0.1, 0.15) is 152 Å². The lowest BCUT2D eigenvalue weighted by atomic mass is 9.98. The molecule has 0 bridgehead atoms. The fourth-order valence-corrected chi connectivity index (χ4v) is 11.8. The predicted octanol–water partition coefficient (Wildman–Crippen LogP) is -11.1. The van der Waals surface area contributed by atoms with Crippen LogP contribution >= 0.6 is 0 Å². The van der Waals surface area contributed by atoms with Crippen LogP contribution in [0.15, 0.2) is 30.3 Å². The molecule has 0 aliphatic carbocycles. The predicted molar refractivity (Wildman–Crippen MR) is 439 cm³/mol. The molecule has 50 nitrogen and oxygen atoms in total. The number of aliphatic hydroxyl groups excluding tert-OH is 5. The summed E-state index contributed by atoms with van der Waals surface area (Å²) in [6.45, 7) is 11.1. The normalized spacial score (nSPS) is 15.4. The molecule has 31 N–H and O–H groups in total. The molecule has 0 aromatic heterocycles. The van der Waals surface area contributed by atoms with E-state index in [2.05, 4.69) is 85.1 Å². The minimum absolute atomic E-state index is 0.0769. The monoisotopic (exact) mass is 1810 g/mol. The standard InChI is InChI=1S/C77H123N19O31/c1-33(2)25-45(64(114)82-30-57(111)112)87-72(122)50(32-98)91-67(117)42(18-22-54(105)106)84-65(115)43(19-23-55(107)108)86-76(126)61(38(10)100)94-70(120)47(27-40-15-13-12-14-16-40)89-66(116)44(20-24-56(109)110)85-74(124)58(35(5)6)93-69(119)46(26-34(3)4)88-68(118)48(28-52(80)103)90-71(121)49(31-97)83-53(104)29-81-73(123)60(37(9)99)95-77(127)62(39(11)101)96-75(125)59(36(7)8)92-63(113)41(78)17-21-51(79)102/h12-16,33-39,41-50,58-62,97-101H,17-32,78H2,1-11H3,(H2,79,102)(H2,80,103)(H,81,123)(H,82,114)(H,83,104)(H,84,115)(H,85,124)(H,86,126)(H,87,122)(H,88,118)(H,89,116)(H,90,121)(H,91,117)(H,92,113)(H,93,119)(H,94,120)(H,95,127)(H,96,125)(H,105,106)(H,107,108)(H,109,110)(H,111,112)/t37-,38-,39-,41+,42+,43+,44+,45+,46+,47+,48+,49+,50+,58+,59+,60+,61+,62+/m1/s1. The molecule has 0 unspecified atom stereocenters. The van der Waals surface area contributed by atoms with Gasteiger partial charge >= 0.3 is 23.9 Å². The van der Waals surface area contributed by atoms with E-state index in [1.807, 2.05) is 0 Å². The van der Waals surface area contributed by atoms with E-state index in [0.717, 1.165) is 20.8 Å². The molecule has 0 aliphatic heterocycles. The maximum Gasteiger partial charge on any atom is 0.322 e. The lowest BCUT2D eigenvalue weighted by Gasteiger charge is -2.30. The van der Waals surface area contributed by atoms with Gasteiger partial charge in [0.1, 0.15) is 91.1 Å². The van der Waals surface area contributed by atoms with Crippen molar-refractivity contribution < 1.29 is 151 Å². The zero-order chi connectivity index (χ0) is 97.1. The fraction of sp³-hybridized carbons (Fsp3) is 0.636. The lowest BCUT2D eigenvalue weighted by Crippen LogP contribution is -2.63. The zero-order valence-corrected chi connectivity index (χ0v) is 72.1. The number of nitrogens with two attached hydrogens (primary N) is 3. The quantitative estimate of drug-likeness (QED) is 0.0288. The Bertz CT molecular complexity index is 4000. The third kappa shape index (κ3) is 42.7. The summed E-state index contributed by atoms with van der Waals surface area (Å²) in [6.07, 6.45) is -12.6. The van der Waals surface area contributed by atoms with Crippen LogP contribution in [0.25, 0.3) is 0 Å². The molecule has 0 aliphatic rings. The number of amides is 18. The van der Waals surface area contributed by atoms with Crippen molar-refractivity contribution in [2.24, 2.45) is 40.9 Å². The number of carboxylic acid groups (broad SMARTS) is 4. The van der Waals surface area contributed by atoms with Crippen LogP contribution in [0.3, 0.4) is 0 Å². The minimum Gasteiger partial charge on any atom is -0.481 e. The largest absolute Gasteiger partial charge is 0.481 e. The number of carbonyl (C=O) groups is 22. The Hall–Kier alpha value is -12.7. The Balaban J connectivity index is 3.60. The van der Waals surface area contributed by atoms with Gasteiger partial charge in [-0.3, -0.25) is 105 Å². The second kappa shape index (κ2) is 56.3. The Kier molecular flexibility index (Phi) is 49.8. The number of rotatable bonds is 60. The molecule has 50 heteroatoms. The number of nitrogens with one attached hydrogen (secondary N) is 16. The first kappa shape index (κ1) is 112. The van der Waals surface area contributed by atoms with Gasteiger partial charge in [-0.25, -0.2) is 0 Å². The minimum atomic E-state index is -2.14. The van der Waals surface area contributed by atoms with Crippen molar-refractivity contribution in [2.75, 3.05) is 26.3 Å². The average Bonchev–Trinajstić information content (AvgIpc) is 0.695. The summed E-state index contributed by atoms with van der Waals surface area (Å²) in [5.41, 5.74) is 16.7. The first-order valence-electron chi connectivity index (χ1n) is 40.4. The van der Waals surface area contributed by atoms with Crippen molar-refractivity contribution >= 4 is 130 Å². The summed E-state index contributed by atoms with van der Waals surface area (Å²) in [4.78, 5) is 291. The van der Waals surface area contributed by atoms with Crippen molar-refractivity contribution in [2.45, 2.75) is 262 Å². The third-order valence-electron chi connectivity index (χ3n) is 18.7. The second-order valence-electron chi connectivity index (χ2n) is 31.5. The lowest BCUT2D eigenvalue weighted by molar-refractivity contribution is -0.140. The van der Waals surface area contributed by atoms with Gasteiger partial charge in [0, 0.05) is 32.1 Å². The van der Waals surface area contributed by atoms with Gasteiger partial charge in [0.15, 0.2) is 0 Å². The molecule has 18 amide bonds. The molecule has 0 fully saturated rings. The number of aliphatic hydroxyl groups is 5. The summed E-state index contributed by atoms with van der Waals surface area (Å²) < 4.78 is 0. The van der Waals surface area contributed by atoms with E-state index in [4.69, 9.17) is 22.3 Å². The van der Waals surface area contributed by atoms with Crippen LogP contribution < -0.4 is 102 Å². The van der Waals surface area contributed by atoms with E-state index in [1.165, 1.54) is 52.0 Å². The summed E-state index contributed by atoms with van der Waals surface area (Å²) in [6, 6.07) is -19.5. The average molecular weight is 1810 g/mol. The van der Waals surface area contributed by atoms with Crippen molar-refractivity contribution in [3.05, 3.63) is 35.9 Å². The zero-order valence-electron chi connectivity index (χ0n) is 72.1. The smallest absolute Gasteiger partial charge is 0.322 e. The molecular weight excluding hydrogens is 1690 g/mol. The molecule has 0 saturated carbocycles. The molecule has 0 saturated heterocycles. The highest BCUT2D eigenvalue weighted by molar-refractivity contribution is 6.02. The SMILES string of the molecule is CC(C)C[C@H](NC(=O)[C@H](CO)NC(=O)[C@H](CCC(=O)O)NC(=O)[C@H](CCC(=O)O)NC(=O)[C@@H](NC(=O)[C@H](Cc1ccccc1)NC(=O)[C@H](CCC(=O)O)NC(=O)[C@@H](NC(=O)[C@H](CC(C)C)NC(=O)[C@H](CC(N)=O)NC(=O)[C@H](CO)NC(=O)CNC(=O)[C@@H](NC(=O)[C@@H](NC(=O)[C@@H](NC(=O)[C@@H](N)CCC(N)=O)C(C)C)[C@@H](C)O)[C@@H](C)O)C(C)C)[C@@H](C)O)C(=O)NCC(=O)O. The highest BCUT2D eigenvalue weighted by Crippen LogP contribution is 2.15. The molecule has 1 aromatic carbocycles. The summed E-state index contributed by atoms with van der Waals surface area (Å²) in [5.74, 6) is -29.9. The fourth-order valence-electron chi connectivity index (χ4n) is 11.8. The molecule has 0 spiro atoms. The van der Waals surface area contributed by atoms with Crippen LogP contribution in [0.5, 0.6) is 0 Å². The summed E-state index contributed by atoms with van der Waals surface area (Å²) in [7, 11) is 0. The van der Waals surface area contributed by atoms with E-state index in [1.54, 1.807) is 33.8 Å². The van der Waals surface area contributed by atoms with E-state index < -0.39 is 335 Å². The molecule has 0 heterocycles. The van der Waals surface area contributed by atoms with E-state index in [-0.39, 0.29) is 31.6 Å². The van der Waals surface area contributed by atoms with E-state index >= 15 is 0 Å². The number of aliphatic carboxylic acids is 4. The van der Waals surface area contributed by atoms with Crippen molar-refractivity contribution in [3.63, 3.8) is 0 Å². The Morgan fingerprint density at radius 1 is 0.307 bits per heavy atom. The van der Waals surface area contributed by atoms with Gasteiger partial charge < -0.3 is 148 Å². The van der Waals surface area contributed by atoms with Crippen LogP contribution in [-0.2, 0) is 112 Å². The third-order valence-corrected chi connectivity index (χ3v) is 18.7. The van der Waals surface area contributed by atoms with Crippen molar-refractivity contribution in [1.82, 2.24) is 85.1 Å². The Morgan fingerprint density at radius 2 is 0.614 bits per heavy atom. The van der Waals surface area contributed by atoms with E-state index in [9.17, 15) is 146 Å². The maximum atomic E-state index is 14.6. The van der Waals surface area contributed by atoms with Gasteiger partial charge in [-0.2, -0.15) is 0 Å². The van der Waals surface area contributed by atoms with Gasteiger partial charge in [0.2, 0.25) is 106 Å². The van der Waals surface area contributed by atoms with Gasteiger partial charge in [-0.05, 0) is 88.5 Å². The van der Waals surface area contributed by atoms with Crippen LogP contribution in [0, 0.1) is 23.7 Å². The molecule has 1 aromatic rings. The number of hydrogen-bond donors (Lipinski definition) is 28. The number of hydrogen-bond acceptors (Lipinski definition) is 28. The number of primary amides is 2. The molecule has 0 radical (unpaired) electrons. The topological polar surface area (TPSA) is 828 Å². The summed E-state index contributed by atoms with van der Waals surface area (Å²) >= 11 is 0. The first-order valence-corrected chi connectivity index (χ1v) is 40.4.